The van der Waals surface area contributed by atoms with Gasteiger partial charge in [0.15, 0.2) is 5.96 Å². The second-order valence-corrected chi connectivity index (χ2v) is 7.55. The van der Waals surface area contributed by atoms with E-state index >= 15 is 0 Å². The van der Waals surface area contributed by atoms with Crippen LogP contribution in [0.25, 0.3) is 0 Å². The van der Waals surface area contributed by atoms with E-state index in [2.05, 4.69) is 27.8 Å². The number of rotatable bonds is 8. The van der Waals surface area contributed by atoms with Crippen LogP contribution in [0.2, 0.25) is 0 Å². The average molecular weight is 558 g/mol. The molecule has 0 aliphatic carbocycles. The van der Waals surface area contributed by atoms with Crippen molar-refractivity contribution in [2.75, 3.05) is 21.1 Å². The van der Waals surface area contributed by atoms with Crippen molar-refractivity contribution in [3.63, 3.8) is 0 Å². The second kappa shape index (κ2) is 13.5. The lowest BCUT2D eigenvalue weighted by atomic mass is 10.1. The van der Waals surface area contributed by atoms with Crippen molar-refractivity contribution in [3.8, 4) is 5.75 Å². The van der Waals surface area contributed by atoms with Crippen molar-refractivity contribution in [2.24, 2.45) is 4.99 Å². The minimum atomic E-state index is -0.00288. The van der Waals surface area contributed by atoms with Crippen LogP contribution >= 0.6 is 24.0 Å². The van der Waals surface area contributed by atoms with Gasteiger partial charge in [-0.2, -0.15) is 0 Å². The molecule has 3 aromatic rings. The van der Waals surface area contributed by atoms with Crippen LogP contribution in [-0.2, 0) is 19.7 Å². The van der Waals surface area contributed by atoms with Gasteiger partial charge in [-0.15, -0.1) is 24.0 Å². The number of nitrogens with one attached hydrogen (secondary N) is 2. The van der Waals surface area contributed by atoms with Crippen molar-refractivity contribution in [1.82, 2.24) is 15.5 Å². The van der Waals surface area contributed by atoms with E-state index in [9.17, 15) is 4.79 Å². The second-order valence-electron chi connectivity index (χ2n) is 7.55. The summed E-state index contributed by atoms with van der Waals surface area (Å²) in [6.07, 6.45) is 0. The monoisotopic (exact) mass is 558 g/mol. The molecule has 1 amide bonds. The smallest absolute Gasteiger partial charge is 0.253 e. The van der Waals surface area contributed by atoms with Gasteiger partial charge in [0.05, 0.1) is 0 Å². The first-order chi connectivity index (χ1) is 15.6. The third kappa shape index (κ3) is 8.09. The van der Waals surface area contributed by atoms with Crippen LogP contribution in [0.4, 0.5) is 0 Å². The third-order valence-corrected chi connectivity index (χ3v) is 4.99. The zero-order valence-corrected chi connectivity index (χ0v) is 21.6. The molecule has 33 heavy (non-hydrogen) atoms. The molecule has 7 heteroatoms. The summed E-state index contributed by atoms with van der Waals surface area (Å²) in [5, 5.41) is 6.68. The highest BCUT2D eigenvalue weighted by Gasteiger charge is 2.08. The van der Waals surface area contributed by atoms with Crippen molar-refractivity contribution in [2.45, 2.75) is 19.7 Å². The van der Waals surface area contributed by atoms with Crippen LogP contribution in [0, 0.1) is 0 Å². The molecule has 0 radical (unpaired) electrons. The van der Waals surface area contributed by atoms with Crippen LogP contribution in [0.3, 0.4) is 0 Å². The number of ether oxygens (including phenoxy) is 1. The Bertz CT molecular complexity index is 1040. The van der Waals surface area contributed by atoms with Crippen LogP contribution in [0.5, 0.6) is 5.75 Å². The van der Waals surface area contributed by atoms with Crippen molar-refractivity contribution < 1.29 is 9.53 Å². The molecular weight excluding hydrogens is 527 g/mol. The number of hydrogen-bond acceptors (Lipinski definition) is 3. The van der Waals surface area contributed by atoms with Crippen LogP contribution < -0.4 is 15.4 Å². The number of carbonyl (C=O) groups is 1. The number of benzene rings is 3. The SMILES string of the molecule is CN=C(NCc1ccc(C(=O)N(C)C)cc1)NCc1ccccc1COc1ccccc1.I. The van der Waals surface area contributed by atoms with E-state index in [0.29, 0.717) is 31.2 Å². The number of para-hydroxylation sites is 1. The first-order valence-corrected chi connectivity index (χ1v) is 10.6. The van der Waals surface area contributed by atoms with Gasteiger partial charge in [0.25, 0.3) is 5.91 Å². The van der Waals surface area contributed by atoms with Crippen LogP contribution in [0.1, 0.15) is 27.0 Å². The summed E-state index contributed by atoms with van der Waals surface area (Å²) in [7, 11) is 5.25. The number of nitrogens with zero attached hydrogens (tertiary/aromatic N) is 2. The summed E-state index contributed by atoms with van der Waals surface area (Å²) < 4.78 is 5.91. The molecule has 174 valence electrons. The molecule has 0 aromatic heterocycles. The minimum absolute atomic E-state index is 0. The van der Waals surface area contributed by atoms with Gasteiger partial charge in [-0.05, 0) is 41.0 Å². The summed E-state index contributed by atoms with van der Waals surface area (Å²) in [5.41, 5.74) is 4.02. The van der Waals surface area contributed by atoms with E-state index < -0.39 is 0 Å². The largest absolute Gasteiger partial charge is 0.489 e. The molecule has 0 saturated carbocycles. The Morgan fingerprint density at radius 3 is 2.09 bits per heavy atom. The number of hydrogen-bond donors (Lipinski definition) is 2. The lowest BCUT2D eigenvalue weighted by Crippen LogP contribution is -2.36. The Morgan fingerprint density at radius 2 is 1.45 bits per heavy atom. The summed E-state index contributed by atoms with van der Waals surface area (Å²) in [6, 6.07) is 25.6. The normalized spacial score (nSPS) is 10.7. The van der Waals surface area contributed by atoms with Crippen LogP contribution in [-0.4, -0.2) is 37.9 Å². The van der Waals surface area contributed by atoms with E-state index in [0.717, 1.165) is 22.4 Å². The van der Waals surface area contributed by atoms with Gasteiger partial charge in [0.1, 0.15) is 12.4 Å². The van der Waals surface area contributed by atoms with Gasteiger partial charge in [-0.25, -0.2) is 0 Å². The molecule has 0 unspecified atom stereocenters. The quantitative estimate of drug-likeness (QED) is 0.244. The first-order valence-electron chi connectivity index (χ1n) is 10.6. The summed E-state index contributed by atoms with van der Waals surface area (Å²) in [5.74, 6) is 1.56. The molecule has 0 bridgehead atoms. The van der Waals surface area contributed by atoms with Crippen LogP contribution in [0.15, 0.2) is 83.9 Å². The summed E-state index contributed by atoms with van der Waals surface area (Å²) in [6.45, 7) is 1.74. The molecular formula is C26H31IN4O2. The number of aliphatic imine (C=N–C) groups is 1. The molecule has 0 atom stereocenters. The molecule has 2 N–H and O–H groups in total. The maximum absolute atomic E-state index is 12.0. The molecule has 6 nitrogen and oxygen atoms in total. The van der Waals surface area contributed by atoms with Crippen molar-refractivity contribution in [1.29, 1.82) is 0 Å². The predicted octanol–water partition coefficient (Wildman–Crippen LogP) is 4.45. The van der Waals surface area contributed by atoms with Crippen molar-refractivity contribution in [3.05, 3.63) is 101 Å². The standard InChI is InChI=1S/C26H30N4O2.HI/c1-27-26(28-17-20-13-15-21(16-14-20)25(31)30(2)3)29-18-22-9-7-8-10-23(22)19-32-24-11-5-4-6-12-24;/h4-16H,17-19H2,1-3H3,(H2,27,28,29);1H. The van der Waals surface area contributed by atoms with E-state index in [1.54, 1.807) is 26.0 Å². The Hall–Kier alpha value is -3.07. The maximum atomic E-state index is 12.0. The molecule has 0 spiro atoms. The van der Waals surface area contributed by atoms with E-state index in [-0.39, 0.29) is 29.9 Å². The highest BCUT2D eigenvalue weighted by Crippen LogP contribution is 2.14. The van der Waals surface area contributed by atoms with Gasteiger partial charge in [0.2, 0.25) is 0 Å². The third-order valence-electron chi connectivity index (χ3n) is 4.99. The van der Waals surface area contributed by atoms with Gasteiger partial charge >= 0.3 is 0 Å². The van der Waals surface area contributed by atoms with E-state index in [1.807, 2.05) is 66.7 Å². The molecule has 3 aromatic carbocycles. The zero-order chi connectivity index (χ0) is 22.8. The Morgan fingerprint density at radius 1 is 0.848 bits per heavy atom. The summed E-state index contributed by atoms with van der Waals surface area (Å²) in [4.78, 5) is 17.9. The highest BCUT2D eigenvalue weighted by molar-refractivity contribution is 14.0. The Balaban J connectivity index is 0.00000385. The molecule has 0 saturated heterocycles. The molecule has 0 heterocycles. The Kier molecular flexibility index (Phi) is 10.7. The van der Waals surface area contributed by atoms with Crippen molar-refractivity contribution >= 4 is 35.8 Å². The maximum Gasteiger partial charge on any atom is 0.253 e. The topological polar surface area (TPSA) is 66.0 Å². The lowest BCUT2D eigenvalue weighted by molar-refractivity contribution is 0.0827. The number of halogens is 1. The predicted molar refractivity (Wildman–Crippen MR) is 144 cm³/mol. The molecule has 3 rings (SSSR count). The van der Waals surface area contributed by atoms with Gasteiger partial charge in [-0.1, -0.05) is 54.6 Å². The van der Waals surface area contributed by atoms with E-state index in [4.69, 9.17) is 4.74 Å². The van der Waals surface area contributed by atoms with Gasteiger partial charge in [-0.3, -0.25) is 9.79 Å². The fraction of sp³-hybridized carbons (Fsp3) is 0.231. The number of carbonyl (C=O) groups excluding carboxylic acids is 1. The van der Waals surface area contributed by atoms with E-state index in [1.165, 1.54) is 0 Å². The lowest BCUT2D eigenvalue weighted by Gasteiger charge is -2.15. The minimum Gasteiger partial charge on any atom is -0.489 e. The zero-order valence-electron chi connectivity index (χ0n) is 19.2. The first kappa shape index (κ1) is 26.2. The van der Waals surface area contributed by atoms with Gasteiger partial charge in [0, 0.05) is 39.8 Å². The summed E-state index contributed by atoms with van der Waals surface area (Å²) >= 11 is 0. The molecule has 0 aliphatic rings. The number of guanidine groups is 1. The fourth-order valence-corrected chi connectivity index (χ4v) is 3.16. The fourth-order valence-electron chi connectivity index (χ4n) is 3.16. The Labute approximate surface area is 213 Å². The molecule has 0 aliphatic heterocycles. The average Bonchev–Trinajstić information content (AvgIpc) is 2.84. The van der Waals surface area contributed by atoms with Gasteiger partial charge < -0.3 is 20.3 Å². The number of amides is 1. The molecule has 0 fully saturated rings. The highest BCUT2D eigenvalue weighted by atomic mass is 127.